The van der Waals surface area contributed by atoms with Crippen LogP contribution in [-0.2, 0) is 32.4 Å². The van der Waals surface area contributed by atoms with Gasteiger partial charge < -0.3 is 15.0 Å². The SMILES string of the molecule is CS(=O)(=O)NC1CCN(C(=O)OC2CCc3c(sc(NC(=O)/C=C/c4ccsc4)c3C#N)C2)CC1. The Morgan fingerprint density at radius 1 is 1.29 bits per heavy atom. The Hall–Kier alpha value is -2.72. The van der Waals surface area contributed by atoms with Crippen LogP contribution in [0.15, 0.2) is 22.9 Å². The number of nitrogens with zero attached hydrogens (tertiary/aromatic N) is 2. The Morgan fingerprint density at radius 3 is 2.71 bits per heavy atom. The van der Waals surface area contributed by atoms with E-state index >= 15 is 0 Å². The highest BCUT2D eigenvalue weighted by Crippen LogP contribution is 2.38. The number of hydrogen-bond acceptors (Lipinski definition) is 8. The fourth-order valence-corrected chi connectivity index (χ4v) is 6.99. The molecule has 0 bridgehead atoms. The third-order valence-electron chi connectivity index (χ3n) is 5.94. The molecule has 0 saturated carbocycles. The molecular formula is C23H26N4O5S3. The first-order valence-corrected chi connectivity index (χ1v) is 14.9. The molecular weight excluding hydrogens is 508 g/mol. The molecule has 186 valence electrons. The van der Waals surface area contributed by atoms with E-state index in [1.807, 2.05) is 16.8 Å². The third-order valence-corrected chi connectivity index (χ3v) is 8.57. The number of carbonyl (C=O) groups is 2. The van der Waals surface area contributed by atoms with Crippen LogP contribution in [0.4, 0.5) is 9.80 Å². The van der Waals surface area contributed by atoms with Gasteiger partial charge in [-0.15, -0.1) is 11.3 Å². The second-order valence-corrected chi connectivity index (χ2v) is 12.3. The number of piperidine rings is 1. The molecule has 2 aliphatic rings. The van der Waals surface area contributed by atoms with Crippen molar-refractivity contribution in [3.8, 4) is 6.07 Å². The minimum Gasteiger partial charge on any atom is -0.446 e. The quantitative estimate of drug-likeness (QED) is 0.547. The minimum atomic E-state index is -3.27. The number of carbonyl (C=O) groups excluding carboxylic acids is 2. The molecule has 12 heteroatoms. The summed E-state index contributed by atoms with van der Waals surface area (Å²) in [7, 11) is -3.27. The maximum absolute atomic E-state index is 12.7. The van der Waals surface area contributed by atoms with E-state index < -0.39 is 16.1 Å². The number of amides is 2. The van der Waals surface area contributed by atoms with E-state index in [1.165, 1.54) is 17.4 Å². The number of fused-ring (bicyclic) bond motifs is 1. The third kappa shape index (κ3) is 6.70. The average molecular weight is 535 g/mol. The molecule has 0 radical (unpaired) electrons. The predicted molar refractivity (Wildman–Crippen MR) is 136 cm³/mol. The molecule has 1 fully saturated rings. The largest absolute Gasteiger partial charge is 0.446 e. The standard InChI is InChI=1S/C23H26N4O5S3/c1-35(30,31)26-16-6-9-27(10-7-16)23(29)32-17-3-4-18-19(13-24)22(34-20(18)12-17)25-21(28)5-2-15-8-11-33-14-15/h2,5,8,11,14,16-17,26H,3-4,6-7,9-10,12H2,1H3,(H,25,28)/b5-2+. The van der Waals surface area contributed by atoms with E-state index in [1.54, 1.807) is 22.3 Å². The van der Waals surface area contributed by atoms with Gasteiger partial charge in [-0.2, -0.15) is 16.6 Å². The Balaban J connectivity index is 1.33. The lowest BCUT2D eigenvalue weighted by Crippen LogP contribution is -2.47. The normalized spacial score (nSPS) is 18.7. The summed E-state index contributed by atoms with van der Waals surface area (Å²) < 4.78 is 31.1. The number of anilines is 1. The van der Waals surface area contributed by atoms with Crippen molar-refractivity contribution in [2.24, 2.45) is 0 Å². The summed E-state index contributed by atoms with van der Waals surface area (Å²) in [6.07, 6.45) is 6.35. The van der Waals surface area contributed by atoms with E-state index in [9.17, 15) is 23.3 Å². The summed E-state index contributed by atoms with van der Waals surface area (Å²) in [5.41, 5.74) is 2.33. The van der Waals surface area contributed by atoms with E-state index in [4.69, 9.17) is 4.74 Å². The molecule has 1 saturated heterocycles. The topological polar surface area (TPSA) is 129 Å². The van der Waals surface area contributed by atoms with Gasteiger partial charge in [-0.05, 0) is 59.7 Å². The van der Waals surface area contributed by atoms with Gasteiger partial charge >= 0.3 is 6.09 Å². The van der Waals surface area contributed by atoms with Gasteiger partial charge in [0.15, 0.2) is 0 Å². The van der Waals surface area contributed by atoms with Crippen molar-refractivity contribution in [2.75, 3.05) is 24.7 Å². The first-order valence-electron chi connectivity index (χ1n) is 11.2. The summed E-state index contributed by atoms with van der Waals surface area (Å²) in [6, 6.07) is 3.96. The predicted octanol–water partition coefficient (Wildman–Crippen LogP) is 3.34. The lowest BCUT2D eigenvalue weighted by atomic mass is 9.94. The zero-order valence-electron chi connectivity index (χ0n) is 19.2. The first kappa shape index (κ1) is 25.4. The molecule has 2 N–H and O–H groups in total. The minimum absolute atomic E-state index is 0.171. The van der Waals surface area contributed by atoms with Gasteiger partial charge in [-0.3, -0.25) is 4.79 Å². The van der Waals surface area contributed by atoms with Crippen molar-refractivity contribution >= 4 is 55.8 Å². The highest BCUT2D eigenvalue weighted by molar-refractivity contribution is 7.88. The van der Waals surface area contributed by atoms with Gasteiger partial charge in [0.1, 0.15) is 17.2 Å². The van der Waals surface area contributed by atoms with Gasteiger partial charge in [0.05, 0.1) is 11.8 Å². The number of sulfonamides is 1. The molecule has 1 atom stereocenters. The van der Waals surface area contributed by atoms with Crippen molar-refractivity contribution in [3.63, 3.8) is 0 Å². The highest BCUT2D eigenvalue weighted by atomic mass is 32.2. The number of ether oxygens (including phenoxy) is 1. The van der Waals surface area contributed by atoms with E-state index in [0.717, 1.165) is 22.3 Å². The van der Waals surface area contributed by atoms with Gasteiger partial charge in [0.2, 0.25) is 15.9 Å². The van der Waals surface area contributed by atoms with Gasteiger partial charge in [0.25, 0.3) is 0 Å². The molecule has 1 aliphatic carbocycles. The molecule has 2 aromatic rings. The Morgan fingerprint density at radius 2 is 2.06 bits per heavy atom. The molecule has 1 unspecified atom stereocenters. The molecule has 35 heavy (non-hydrogen) atoms. The van der Waals surface area contributed by atoms with Crippen LogP contribution in [0, 0.1) is 11.3 Å². The molecule has 2 aromatic heterocycles. The van der Waals surface area contributed by atoms with Crippen LogP contribution in [0.3, 0.4) is 0 Å². The average Bonchev–Trinajstić information content (AvgIpc) is 3.44. The van der Waals surface area contributed by atoms with Crippen LogP contribution in [0.5, 0.6) is 0 Å². The van der Waals surface area contributed by atoms with E-state index in [0.29, 0.717) is 55.8 Å². The second kappa shape index (κ2) is 10.9. The lowest BCUT2D eigenvalue weighted by Gasteiger charge is -2.33. The summed E-state index contributed by atoms with van der Waals surface area (Å²) in [4.78, 5) is 27.6. The number of nitriles is 1. The Bertz CT molecular complexity index is 1250. The molecule has 0 spiro atoms. The van der Waals surface area contributed by atoms with Gasteiger partial charge in [-0.25, -0.2) is 17.9 Å². The molecule has 1 aliphatic heterocycles. The van der Waals surface area contributed by atoms with Gasteiger partial charge in [-0.1, -0.05) is 0 Å². The van der Waals surface area contributed by atoms with Crippen LogP contribution in [0.25, 0.3) is 6.08 Å². The van der Waals surface area contributed by atoms with Crippen LogP contribution >= 0.6 is 22.7 Å². The fourth-order valence-electron chi connectivity index (χ4n) is 4.26. The number of hydrogen-bond donors (Lipinski definition) is 2. The summed E-state index contributed by atoms with van der Waals surface area (Å²) in [5, 5.41) is 16.9. The van der Waals surface area contributed by atoms with Crippen LogP contribution in [-0.4, -0.2) is 56.8 Å². The maximum atomic E-state index is 12.7. The molecule has 4 rings (SSSR count). The Kier molecular flexibility index (Phi) is 7.91. The number of rotatable bonds is 6. The monoisotopic (exact) mass is 534 g/mol. The summed E-state index contributed by atoms with van der Waals surface area (Å²) in [6.45, 7) is 0.854. The van der Waals surface area contributed by atoms with Crippen molar-refractivity contribution < 1.29 is 22.7 Å². The van der Waals surface area contributed by atoms with Crippen molar-refractivity contribution in [1.29, 1.82) is 5.26 Å². The van der Waals surface area contributed by atoms with Crippen LogP contribution in [0.2, 0.25) is 0 Å². The summed E-state index contributed by atoms with van der Waals surface area (Å²) in [5.74, 6) is -0.303. The van der Waals surface area contributed by atoms with Crippen LogP contribution < -0.4 is 10.0 Å². The molecule has 9 nitrogen and oxygen atoms in total. The fraction of sp³-hybridized carbons (Fsp3) is 0.435. The van der Waals surface area contributed by atoms with Crippen molar-refractivity contribution in [1.82, 2.24) is 9.62 Å². The van der Waals surface area contributed by atoms with Crippen molar-refractivity contribution in [3.05, 3.63) is 44.5 Å². The zero-order chi connectivity index (χ0) is 25.0. The lowest BCUT2D eigenvalue weighted by molar-refractivity contribution is -0.111. The summed E-state index contributed by atoms with van der Waals surface area (Å²) >= 11 is 2.90. The molecule has 0 aromatic carbocycles. The number of thiophene rings is 2. The first-order chi connectivity index (χ1) is 16.7. The number of likely N-dealkylation sites (tertiary alicyclic amines) is 1. The maximum Gasteiger partial charge on any atom is 0.410 e. The van der Waals surface area contributed by atoms with E-state index in [2.05, 4.69) is 16.1 Å². The zero-order valence-corrected chi connectivity index (χ0v) is 21.6. The molecule has 3 heterocycles. The van der Waals surface area contributed by atoms with Crippen LogP contribution in [0.1, 0.15) is 40.8 Å². The van der Waals surface area contributed by atoms with Gasteiger partial charge in [0, 0.05) is 36.5 Å². The highest BCUT2D eigenvalue weighted by Gasteiger charge is 2.31. The Labute approximate surface area is 212 Å². The van der Waals surface area contributed by atoms with E-state index in [-0.39, 0.29) is 18.1 Å². The number of nitrogens with one attached hydrogen (secondary N) is 2. The molecule has 2 amide bonds. The van der Waals surface area contributed by atoms with Crippen molar-refractivity contribution in [2.45, 2.75) is 44.2 Å². The smallest absolute Gasteiger partial charge is 0.410 e. The second-order valence-electron chi connectivity index (χ2n) is 8.60.